The van der Waals surface area contributed by atoms with Crippen molar-refractivity contribution in [2.45, 2.75) is 0 Å². The van der Waals surface area contributed by atoms with E-state index in [1.165, 1.54) is 21.3 Å². The van der Waals surface area contributed by atoms with E-state index >= 15 is 0 Å². The lowest BCUT2D eigenvalue weighted by Gasteiger charge is -2.16. The molecule has 0 aliphatic heterocycles. The number of carbonyl (C=O) groups excluding carboxylic acids is 2. The Morgan fingerprint density at radius 1 is 0.917 bits per heavy atom. The molecule has 0 spiro atoms. The normalized spacial score (nSPS) is 10.8. The van der Waals surface area contributed by atoms with Crippen LogP contribution in [0.2, 0.25) is 0 Å². The molecule has 0 radical (unpaired) electrons. The second kappa shape index (κ2) is 10.4. The molecule has 0 bridgehead atoms. The first kappa shape index (κ1) is 24.6. The van der Waals surface area contributed by atoms with Gasteiger partial charge >= 0.3 is 0 Å². The largest absolute Gasteiger partial charge is 0.496 e. The molecule has 0 fully saturated rings. The summed E-state index contributed by atoms with van der Waals surface area (Å²) >= 11 is 0. The quantitative estimate of drug-likeness (QED) is 0.324. The van der Waals surface area contributed by atoms with Crippen molar-refractivity contribution in [3.05, 3.63) is 59.8 Å². The minimum absolute atomic E-state index is 0.301. The fourth-order valence-corrected chi connectivity index (χ4v) is 3.92. The van der Waals surface area contributed by atoms with Gasteiger partial charge in [0.1, 0.15) is 28.5 Å². The highest BCUT2D eigenvalue weighted by Gasteiger charge is 2.23. The number of methoxy groups -OCH3 is 3. The molecule has 0 saturated heterocycles. The molecule has 10 nitrogen and oxygen atoms in total. The smallest absolute Gasteiger partial charge is 0.251 e. The maximum Gasteiger partial charge on any atom is 0.251 e. The molecular weight excluding hydrogens is 464 g/mol. The zero-order chi connectivity index (χ0) is 25.8. The summed E-state index contributed by atoms with van der Waals surface area (Å²) in [5, 5.41) is 2.74. The Morgan fingerprint density at radius 3 is 2.22 bits per heavy atom. The molecular formula is C26H26N4O6. The van der Waals surface area contributed by atoms with E-state index in [9.17, 15) is 9.59 Å². The van der Waals surface area contributed by atoms with Crippen LogP contribution in [0.3, 0.4) is 0 Å². The number of fused-ring (bicyclic) bond motifs is 1. The summed E-state index contributed by atoms with van der Waals surface area (Å²) in [4.78, 5) is 28.7. The second-order valence-corrected chi connectivity index (χ2v) is 7.76. The molecule has 36 heavy (non-hydrogen) atoms. The molecule has 186 valence electrons. The second-order valence-electron chi connectivity index (χ2n) is 7.76. The summed E-state index contributed by atoms with van der Waals surface area (Å²) in [6.07, 6.45) is 1.63. The summed E-state index contributed by atoms with van der Waals surface area (Å²) in [6, 6.07) is 11.6. The summed E-state index contributed by atoms with van der Waals surface area (Å²) in [5.74, 6) is 0.880. The maximum atomic E-state index is 12.5. The van der Waals surface area contributed by atoms with Crippen LogP contribution in [0.25, 0.3) is 33.6 Å². The first-order valence-corrected chi connectivity index (χ1v) is 11.0. The van der Waals surface area contributed by atoms with Gasteiger partial charge in [0.2, 0.25) is 5.91 Å². The fourth-order valence-electron chi connectivity index (χ4n) is 3.92. The SMILES string of the molecule is COc1ccc(C(N)=O)cc1-c1cc2nccc(-c3c(OC)cc(C(=O)NCCN)cc3OC)c2o1. The van der Waals surface area contributed by atoms with Crippen molar-refractivity contribution in [3.63, 3.8) is 0 Å². The first-order chi connectivity index (χ1) is 17.4. The van der Waals surface area contributed by atoms with Crippen molar-refractivity contribution in [1.82, 2.24) is 10.3 Å². The van der Waals surface area contributed by atoms with Crippen LogP contribution in [0.5, 0.6) is 17.2 Å². The number of nitrogens with two attached hydrogens (primary N) is 2. The number of pyridine rings is 1. The third-order valence-corrected chi connectivity index (χ3v) is 5.63. The van der Waals surface area contributed by atoms with Crippen molar-refractivity contribution < 1.29 is 28.2 Å². The van der Waals surface area contributed by atoms with Gasteiger partial charge in [-0.2, -0.15) is 0 Å². The van der Waals surface area contributed by atoms with Crippen LogP contribution in [0.15, 0.2) is 53.1 Å². The van der Waals surface area contributed by atoms with E-state index in [0.717, 1.165) is 0 Å². The number of hydrogen-bond acceptors (Lipinski definition) is 8. The van der Waals surface area contributed by atoms with Gasteiger partial charge in [0.25, 0.3) is 5.91 Å². The Bertz CT molecular complexity index is 1420. The van der Waals surface area contributed by atoms with Crippen LogP contribution in [0.4, 0.5) is 0 Å². The van der Waals surface area contributed by atoms with Crippen LogP contribution in [0.1, 0.15) is 20.7 Å². The van der Waals surface area contributed by atoms with Gasteiger partial charge in [-0.05, 0) is 36.4 Å². The predicted octanol–water partition coefficient (Wildman–Crippen LogP) is 2.98. The lowest BCUT2D eigenvalue weighted by Crippen LogP contribution is -2.29. The number of aromatic nitrogens is 1. The minimum atomic E-state index is -0.570. The predicted molar refractivity (Wildman–Crippen MR) is 134 cm³/mol. The summed E-state index contributed by atoms with van der Waals surface area (Å²) in [7, 11) is 4.54. The molecule has 5 N–H and O–H groups in total. The average Bonchev–Trinajstić information content (AvgIpc) is 3.35. The molecule has 0 unspecified atom stereocenters. The molecule has 10 heteroatoms. The van der Waals surface area contributed by atoms with Crippen molar-refractivity contribution >= 4 is 22.9 Å². The van der Waals surface area contributed by atoms with E-state index < -0.39 is 5.91 Å². The number of carbonyl (C=O) groups is 2. The van der Waals surface area contributed by atoms with Crippen LogP contribution >= 0.6 is 0 Å². The van der Waals surface area contributed by atoms with Gasteiger partial charge in [-0.1, -0.05) is 0 Å². The van der Waals surface area contributed by atoms with E-state index in [-0.39, 0.29) is 5.91 Å². The highest BCUT2D eigenvalue weighted by atomic mass is 16.5. The Hall–Kier alpha value is -4.57. The van der Waals surface area contributed by atoms with E-state index in [2.05, 4.69) is 10.3 Å². The third kappa shape index (κ3) is 4.53. The van der Waals surface area contributed by atoms with Crippen molar-refractivity contribution in [3.8, 4) is 39.7 Å². The molecule has 0 saturated carbocycles. The van der Waals surface area contributed by atoms with Gasteiger partial charge in [-0.25, -0.2) is 0 Å². The van der Waals surface area contributed by atoms with Gasteiger partial charge in [-0.15, -0.1) is 0 Å². The van der Waals surface area contributed by atoms with Gasteiger partial charge in [0, 0.05) is 42.0 Å². The maximum absolute atomic E-state index is 12.5. The topological polar surface area (TPSA) is 152 Å². The number of primary amides is 1. The molecule has 4 rings (SSSR count). The summed E-state index contributed by atoms with van der Waals surface area (Å²) < 4.78 is 23.0. The van der Waals surface area contributed by atoms with E-state index in [1.807, 2.05) is 0 Å². The zero-order valence-corrected chi connectivity index (χ0v) is 20.1. The lowest BCUT2D eigenvalue weighted by atomic mass is 10.0. The number of nitrogens with zero attached hydrogens (tertiary/aromatic N) is 1. The zero-order valence-electron chi connectivity index (χ0n) is 20.1. The number of nitrogens with one attached hydrogen (secondary N) is 1. The monoisotopic (exact) mass is 490 g/mol. The van der Waals surface area contributed by atoms with Crippen LogP contribution in [0, 0.1) is 0 Å². The van der Waals surface area contributed by atoms with Crippen molar-refractivity contribution in [2.24, 2.45) is 11.5 Å². The molecule has 2 amide bonds. The summed E-state index contributed by atoms with van der Waals surface area (Å²) in [6.45, 7) is 0.660. The van der Waals surface area contributed by atoms with Crippen molar-refractivity contribution in [2.75, 3.05) is 34.4 Å². The number of hydrogen-bond donors (Lipinski definition) is 3. The van der Waals surface area contributed by atoms with Crippen LogP contribution < -0.4 is 31.0 Å². The van der Waals surface area contributed by atoms with Crippen LogP contribution in [-0.4, -0.2) is 51.2 Å². The average molecular weight is 491 g/mol. The molecule has 0 aliphatic carbocycles. The number of amides is 2. The number of rotatable bonds is 9. The molecule has 4 aromatic rings. The number of furan rings is 1. The van der Waals surface area contributed by atoms with E-state index in [0.29, 0.717) is 75.0 Å². The molecule has 2 aromatic heterocycles. The summed E-state index contributed by atoms with van der Waals surface area (Å²) in [5.41, 5.74) is 14.4. The lowest BCUT2D eigenvalue weighted by molar-refractivity contribution is 0.0952. The first-order valence-electron chi connectivity index (χ1n) is 11.0. The van der Waals surface area contributed by atoms with E-state index in [4.69, 9.17) is 30.1 Å². The standard InChI is InChI=1S/C26H26N4O6/c1-33-19-5-4-14(25(28)31)10-17(19)20-13-18-24(36-20)16(6-8-29-18)23-21(34-2)11-15(12-22(23)35-3)26(32)30-9-7-27/h4-6,8,10-13H,7,9,27H2,1-3H3,(H2,28,31)(H,30,32). The van der Waals surface area contributed by atoms with Crippen molar-refractivity contribution in [1.29, 1.82) is 0 Å². The molecule has 0 aliphatic rings. The minimum Gasteiger partial charge on any atom is -0.496 e. The van der Waals surface area contributed by atoms with Crippen LogP contribution in [-0.2, 0) is 0 Å². The fraction of sp³-hybridized carbons (Fsp3) is 0.192. The number of benzene rings is 2. The molecule has 2 heterocycles. The number of ether oxygens (including phenoxy) is 3. The van der Waals surface area contributed by atoms with Gasteiger partial charge in [0.05, 0.1) is 32.5 Å². The van der Waals surface area contributed by atoms with Gasteiger partial charge in [0.15, 0.2) is 5.58 Å². The molecule has 2 aromatic carbocycles. The highest BCUT2D eigenvalue weighted by molar-refractivity contribution is 6.00. The Morgan fingerprint density at radius 2 is 1.61 bits per heavy atom. The Labute approximate surface area is 207 Å². The van der Waals surface area contributed by atoms with Gasteiger partial charge in [-0.3, -0.25) is 14.6 Å². The van der Waals surface area contributed by atoms with Gasteiger partial charge < -0.3 is 35.4 Å². The third-order valence-electron chi connectivity index (χ3n) is 5.63. The highest BCUT2D eigenvalue weighted by Crippen LogP contribution is 2.44. The molecule has 0 atom stereocenters. The Kier molecular flexibility index (Phi) is 7.07. The Balaban J connectivity index is 1.90. The van der Waals surface area contributed by atoms with E-state index in [1.54, 1.807) is 48.7 Å².